The number of aromatic nitrogens is 2. The maximum absolute atomic E-state index is 10.2. The third kappa shape index (κ3) is 3.83. The van der Waals surface area contributed by atoms with Gasteiger partial charge in [0.25, 0.3) is 0 Å². The second kappa shape index (κ2) is 5.89. The number of hydrogen-bond donors (Lipinski definition) is 1. The number of hydrogen-bond acceptors (Lipinski definition) is 3. The fourth-order valence-electron chi connectivity index (χ4n) is 1.93. The second-order valence-corrected chi connectivity index (χ2v) is 4.94. The number of aryl methyl sites for hydroxylation is 1. The summed E-state index contributed by atoms with van der Waals surface area (Å²) >= 11 is 0. The summed E-state index contributed by atoms with van der Waals surface area (Å²) in [4.78, 5) is 0. The lowest BCUT2D eigenvalue weighted by Crippen LogP contribution is -2.06. The lowest BCUT2D eigenvalue weighted by atomic mass is 10.1. The first-order valence-corrected chi connectivity index (χ1v) is 6.48. The first-order chi connectivity index (χ1) is 9.04. The predicted octanol–water partition coefficient (Wildman–Crippen LogP) is 2.48. The van der Waals surface area contributed by atoms with E-state index >= 15 is 0 Å². The zero-order valence-electron chi connectivity index (χ0n) is 11.6. The van der Waals surface area contributed by atoms with Crippen LogP contribution in [-0.4, -0.2) is 21.0 Å². The number of aliphatic hydroxyl groups is 1. The van der Waals surface area contributed by atoms with E-state index in [1.54, 1.807) is 4.68 Å². The quantitative estimate of drug-likeness (QED) is 0.898. The van der Waals surface area contributed by atoms with Crippen LogP contribution in [0.1, 0.15) is 31.2 Å². The summed E-state index contributed by atoms with van der Waals surface area (Å²) in [7, 11) is 1.87. The summed E-state index contributed by atoms with van der Waals surface area (Å²) in [6, 6.07) is 9.48. The van der Waals surface area contributed by atoms with Gasteiger partial charge in [-0.1, -0.05) is 12.1 Å². The van der Waals surface area contributed by atoms with Gasteiger partial charge < -0.3 is 9.84 Å². The molecule has 1 unspecified atom stereocenters. The molecule has 0 saturated heterocycles. The highest BCUT2D eigenvalue weighted by Gasteiger charge is 2.10. The molecule has 102 valence electrons. The van der Waals surface area contributed by atoms with Crippen LogP contribution in [0, 0.1) is 0 Å². The van der Waals surface area contributed by atoms with Crippen molar-refractivity contribution in [1.82, 2.24) is 9.78 Å². The van der Waals surface area contributed by atoms with Crippen LogP contribution in [-0.2, 0) is 13.5 Å². The molecule has 4 nitrogen and oxygen atoms in total. The van der Waals surface area contributed by atoms with Crippen LogP contribution in [0.2, 0.25) is 0 Å². The van der Waals surface area contributed by atoms with Crippen molar-refractivity contribution in [3.05, 3.63) is 47.8 Å². The van der Waals surface area contributed by atoms with Crippen molar-refractivity contribution in [1.29, 1.82) is 0 Å². The number of nitrogens with zero attached hydrogens (tertiary/aromatic N) is 2. The van der Waals surface area contributed by atoms with Crippen LogP contribution < -0.4 is 4.74 Å². The minimum atomic E-state index is -0.539. The summed E-state index contributed by atoms with van der Waals surface area (Å²) in [5, 5.41) is 14.4. The van der Waals surface area contributed by atoms with Gasteiger partial charge in [0.2, 0.25) is 0 Å². The van der Waals surface area contributed by atoms with E-state index in [9.17, 15) is 5.11 Å². The van der Waals surface area contributed by atoms with Crippen LogP contribution in [0.15, 0.2) is 36.5 Å². The summed E-state index contributed by atoms with van der Waals surface area (Å²) in [6.07, 6.45) is 2.01. The molecule has 0 aliphatic carbocycles. The molecule has 1 atom stereocenters. The van der Waals surface area contributed by atoms with Gasteiger partial charge in [-0.05, 0) is 37.6 Å². The summed E-state index contributed by atoms with van der Waals surface area (Å²) < 4.78 is 7.31. The molecule has 0 saturated carbocycles. The molecule has 0 radical (unpaired) electrons. The zero-order chi connectivity index (χ0) is 13.8. The molecule has 0 amide bonds. The molecule has 0 fully saturated rings. The second-order valence-electron chi connectivity index (χ2n) is 4.94. The van der Waals surface area contributed by atoms with Gasteiger partial charge in [0.05, 0.1) is 17.9 Å². The van der Waals surface area contributed by atoms with E-state index < -0.39 is 6.10 Å². The SMILES string of the molecule is CC(C)Oc1ccc(C(O)Cc2ccn(C)n2)cc1. The van der Waals surface area contributed by atoms with Crippen molar-refractivity contribution >= 4 is 0 Å². The van der Waals surface area contributed by atoms with E-state index in [1.807, 2.05) is 57.4 Å². The van der Waals surface area contributed by atoms with Gasteiger partial charge in [-0.3, -0.25) is 4.68 Å². The van der Waals surface area contributed by atoms with Gasteiger partial charge in [0, 0.05) is 19.7 Å². The number of ether oxygens (including phenoxy) is 1. The Balaban J connectivity index is 2.01. The molecule has 0 spiro atoms. The largest absolute Gasteiger partial charge is 0.491 e. The van der Waals surface area contributed by atoms with Crippen LogP contribution in [0.5, 0.6) is 5.75 Å². The minimum Gasteiger partial charge on any atom is -0.491 e. The molecule has 1 heterocycles. The van der Waals surface area contributed by atoms with Crippen LogP contribution >= 0.6 is 0 Å². The van der Waals surface area contributed by atoms with E-state index in [-0.39, 0.29) is 6.10 Å². The van der Waals surface area contributed by atoms with E-state index in [2.05, 4.69) is 5.10 Å². The minimum absolute atomic E-state index is 0.157. The average molecular weight is 260 g/mol. The first kappa shape index (κ1) is 13.6. The normalized spacial score (nSPS) is 12.7. The van der Waals surface area contributed by atoms with Gasteiger partial charge >= 0.3 is 0 Å². The highest BCUT2D eigenvalue weighted by atomic mass is 16.5. The summed E-state index contributed by atoms with van der Waals surface area (Å²) in [6.45, 7) is 3.98. The molecular weight excluding hydrogens is 240 g/mol. The number of aliphatic hydroxyl groups excluding tert-OH is 1. The van der Waals surface area contributed by atoms with E-state index in [1.165, 1.54) is 0 Å². The van der Waals surface area contributed by atoms with Crippen molar-refractivity contribution in [2.24, 2.45) is 7.05 Å². The fraction of sp³-hybridized carbons (Fsp3) is 0.400. The summed E-state index contributed by atoms with van der Waals surface area (Å²) in [5.74, 6) is 0.823. The first-order valence-electron chi connectivity index (χ1n) is 6.48. The van der Waals surface area contributed by atoms with E-state index in [0.29, 0.717) is 6.42 Å². The van der Waals surface area contributed by atoms with Crippen LogP contribution in [0.3, 0.4) is 0 Å². The van der Waals surface area contributed by atoms with Crippen molar-refractivity contribution < 1.29 is 9.84 Å². The smallest absolute Gasteiger partial charge is 0.119 e. The molecule has 0 bridgehead atoms. The molecule has 1 aromatic heterocycles. The Bertz CT molecular complexity index is 517. The van der Waals surface area contributed by atoms with Crippen molar-refractivity contribution in [2.45, 2.75) is 32.5 Å². The number of benzene rings is 1. The molecule has 0 aliphatic rings. The number of rotatable bonds is 5. The van der Waals surface area contributed by atoms with Gasteiger partial charge in [0.1, 0.15) is 5.75 Å². The Kier molecular flexibility index (Phi) is 4.22. The maximum Gasteiger partial charge on any atom is 0.119 e. The zero-order valence-corrected chi connectivity index (χ0v) is 11.6. The Hall–Kier alpha value is -1.81. The lowest BCUT2D eigenvalue weighted by molar-refractivity contribution is 0.176. The molecule has 1 aromatic carbocycles. The van der Waals surface area contributed by atoms with Crippen LogP contribution in [0.4, 0.5) is 0 Å². The Morgan fingerprint density at radius 1 is 1.21 bits per heavy atom. The third-order valence-corrected chi connectivity index (χ3v) is 2.81. The Morgan fingerprint density at radius 3 is 2.42 bits per heavy atom. The molecule has 0 aliphatic heterocycles. The van der Waals surface area contributed by atoms with Gasteiger partial charge in [-0.2, -0.15) is 5.10 Å². The lowest BCUT2D eigenvalue weighted by Gasteiger charge is -2.12. The average Bonchev–Trinajstić information content (AvgIpc) is 2.75. The van der Waals surface area contributed by atoms with Crippen molar-refractivity contribution in [3.63, 3.8) is 0 Å². The molecule has 2 rings (SSSR count). The standard InChI is InChI=1S/C15H20N2O2/c1-11(2)19-14-6-4-12(5-7-14)15(18)10-13-8-9-17(3)16-13/h4-9,11,15,18H,10H2,1-3H3. The Morgan fingerprint density at radius 2 is 1.89 bits per heavy atom. The van der Waals surface area contributed by atoms with E-state index in [0.717, 1.165) is 17.0 Å². The van der Waals surface area contributed by atoms with Crippen LogP contribution in [0.25, 0.3) is 0 Å². The predicted molar refractivity (Wildman–Crippen MR) is 74.1 cm³/mol. The fourth-order valence-corrected chi connectivity index (χ4v) is 1.93. The van der Waals surface area contributed by atoms with E-state index in [4.69, 9.17) is 4.74 Å². The molecule has 1 N–H and O–H groups in total. The monoisotopic (exact) mass is 260 g/mol. The Labute approximate surface area is 113 Å². The topological polar surface area (TPSA) is 47.3 Å². The highest BCUT2D eigenvalue weighted by Crippen LogP contribution is 2.21. The van der Waals surface area contributed by atoms with Gasteiger partial charge in [0.15, 0.2) is 0 Å². The molecule has 19 heavy (non-hydrogen) atoms. The van der Waals surface area contributed by atoms with Crippen molar-refractivity contribution in [3.8, 4) is 5.75 Å². The third-order valence-electron chi connectivity index (χ3n) is 2.81. The molecule has 4 heteroatoms. The van der Waals surface area contributed by atoms with Gasteiger partial charge in [-0.25, -0.2) is 0 Å². The molecule has 2 aromatic rings. The van der Waals surface area contributed by atoms with Gasteiger partial charge in [-0.15, -0.1) is 0 Å². The molecular formula is C15H20N2O2. The summed E-state index contributed by atoms with van der Waals surface area (Å²) in [5.41, 5.74) is 1.76. The maximum atomic E-state index is 10.2. The van der Waals surface area contributed by atoms with Crippen molar-refractivity contribution in [2.75, 3.05) is 0 Å². The highest BCUT2D eigenvalue weighted by molar-refractivity contribution is 5.29.